The van der Waals surface area contributed by atoms with Crippen molar-refractivity contribution >= 4 is 5.69 Å². The smallest absolute Gasteiger partial charge is 0.0787 e. The van der Waals surface area contributed by atoms with Gasteiger partial charge in [-0.2, -0.15) is 0 Å². The molecular weight excluding hydrogens is 226 g/mol. The average molecular weight is 249 g/mol. The van der Waals surface area contributed by atoms with Crippen LogP contribution in [0.3, 0.4) is 0 Å². The maximum atomic E-state index is 9.76. The van der Waals surface area contributed by atoms with E-state index in [4.69, 9.17) is 0 Å². The highest BCUT2D eigenvalue weighted by Gasteiger charge is 2.19. The Morgan fingerprint density at radius 1 is 1.33 bits per heavy atom. The Balaban J connectivity index is 2.04. The average Bonchev–Trinajstić information content (AvgIpc) is 2.46. The predicted molar refractivity (Wildman–Crippen MR) is 73.7 cm³/mol. The zero-order chi connectivity index (χ0) is 13.0. The number of aliphatic hydroxyl groups excluding tert-OH is 2. The standard InChI is InChI=1S/C15H23NO2/c1-2-15(18)13-5-7-14(8-6-13)16-9-3-4-12(10-16)11-17/h5-8,12,15,17-18H,2-4,9-11H2,1H3/t12?,15-/m0/s1. The number of anilines is 1. The lowest BCUT2D eigenvalue weighted by Crippen LogP contribution is -2.36. The molecule has 1 fully saturated rings. The Labute approximate surface area is 109 Å². The monoisotopic (exact) mass is 249 g/mol. The number of rotatable bonds is 4. The van der Waals surface area contributed by atoms with E-state index in [0.29, 0.717) is 5.92 Å². The van der Waals surface area contributed by atoms with Crippen LogP contribution in [0.2, 0.25) is 0 Å². The molecule has 1 aliphatic heterocycles. The van der Waals surface area contributed by atoms with Crippen molar-refractivity contribution in [1.82, 2.24) is 0 Å². The maximum absolute atomic E-state index is 9.76. The van der Waals surface area contributed by atoms with Gasteiger partial charge in [0.1, 0.15) is 0 Å². The van der Waals surface area contributed by atoms with E-state index in [-0.39, 0.29) is 12.7 Å². The summed E-state index contributed by atoms with van der Waals surface area (Å²) in [5.41, 5.74) is 2.18. The third-order valence-corrected chi connectivity index (χ3v) is 3.81. The van der Waals surface area contributed by atoms with Crippen LogP contribution in [0, 0.1) is 5.92 Å². The van der Waals surface area contributed by atoms with E-state index >= 15 is 0 Å². The summed E-state index contributed by atoms with van der Waals surface area (Å²) in [4.78, 5) is 2.33. The van der Waals surface area contributed by atoms with Gasteiger partial charge in [0, 0.05) is 25.4 Å². The van der Waals surface area contributed by atoms with Crippen LogP contribution in [0.4, 0.5) is 5.69 Å². The van der Waals surface area contributed by atoms with Crippen LogP contribution in [-0.2, 0) is 0 Å². The second-order valence-electron chi connectivity index (χ2n) is 5.15. The highest BCUT2D eigenvalue weighted by Crippen LogP contribution is 2.25. The fraction of sp³-hybridized carbons (Fsp3) is 0.600. The van der Waals surface area contributed by atoms with Gasteiger partial charge in [-0.3, -0.25) is 0 Å². The lowest BCUT2D eigenvalue weighted by atomic mass is 9.98. The first-order valence-corrected chi connectivity index (χ1v) is 6.88. The SMILES string of the molecule is CC[C@H](O)c1ccc(N2CCCC(CO)C2)cc1. The lowest BCUT2D eigenvalue weighted by Gasteiger charge is -2.33. The van der Waals surface area contributed by atoms with Crippen LogP contribution < -0.4 is 4.90 Å². The van der Waals surface area contributed by atoms with Crippen molar-refractivity contribution in [3.8, 4) is 0 Å². The maximum Gasteiger partial charge on any atom is 0.0787 e. The molecule has 1 aromatic carbocycles. The topological polar surface area (TPSA) is 43.7 Å². The van der Waals surface area contributed by atoms with Crippen LogP contribution in [0.15, 0.2) is 24.3 Å². The minimum Gasteiger partial charge on any atom is -0.396 e. The first-order chi connectivity index (χ1) is 8.74. The van der Waals surface area contributed by atoms with E-state index in [0.717, 1.165) is 37.9 Å². The van der Waals surface area contributed by atoms with Crippen molar-refractivity contribution in [2.24, 2.45) is 5.92 Å². The second kappa shape index (κ2) is 6.21. The molecule has 1 aromatic rings. The van der Waals surface area contributed by atoms with E-state index in [1.54, 1.807) is 0 Å². The molecule has 0 aromatic heterocycles. The summed E-state index contributed by atoms with van der Waals surface area (Å²) in [5.74, 6) is 0.402. The van der Waals surface area contributed by atoms with Gasteiger partial charge < -0.3 is 15.1 Å². The molecular formula is C15H23NO2. The van der Waals surface area contributed by atoms with Gasteiger partial charge in [-0.15, -0.1) is 0 Å². The molecule has 0 radical (unpaired) electrons. The molecule has 0 amide bonds. The van der Waals surface area contributed by atoms with Gasteiger partial charge in [0.05, 0.1) is 6.10 Å². The van der Waals surface area contributed by atoms with Gasteiger partial charge in [-0.25, -0.2) is 0 Å². The summed E-state index contributed by atoms with van der Waals surface area (Å²) < 4.78 is 0. The third kappa shape index (κ3) is 3.03. The van der Waals surface area contributed by atoms with E-state index < -0.39 is 0 Å². The van der Waals surface area contributed by atoms with Gasteiger partial charge in [0.15, 0.2) is 0 Å². The van der Waals surface area contributed by atoms with Crippen LogP contribution in [0.5, 0.6) is 0 Å². The summed E-state index contributed by atoms with van der Waals surface area (Å²) in [5, 5.41) is 19.0. The zero-order valence-corrected chi connectivity index (χ0v) is 11.0. The van der Waals surface area contributed by atoms with Crippen molar-refractivity contribution in [2.75, 3.05) is 24.6 Å². The Morgan fingerprint density at radius 2 is 2.06 bits per heavy atom. The second-order valence-corrected chi connectivity index (χ2v) is 5.15. The Hall–Kier alpha value is -1.06. The van der Waals surface area contributed by atoms with Crippen molar-refractivity contribution in [3.05, 3.63) is 29.8 Å². The van der Waals surface area contributed by atoms with Crippen molar-refractivity contribution in [1.29, 1.82) is 0 Å². The Bertz CT molecular complexity index is 363. The Morgan fingerprint density at radius 3 is 2.67 bits per heavy atom. The van der Waals surface area contributed by atoms with Gasteiger partial charge in [0.2, 0.25) is 0 Å². The number of hydrogen-bond donors (Lipinski definition) is 2. The summed E-state index contributed by atoms with van der Waals surface area (Å²) in [6.45, 7) is 4.26. The quantitative estimate of drug-likeness (QED) is 0.861. The molecule has 1 heterocycles. The molecule has 1 aliphatic rings. The first-order valence-electron chi connectivity index (χ1n) is 6.88. The van der Waals surface area contributed by atoms with Gasteiger partial charge in [-0.1, -0.05) is 19.1 Å². The van der Waals surface area contributed by atoms with E-state index in [9.17, 15) is 10.2 Å². The van der Waals surface area contributed by atoms with E-state index in [1.165, 1.54) is 5.69 Å². The van der Waals surface area contributed by atoms with Crippen LogP contribution in [0.25, 0.3) is 0 Å². The fourth-order valence-corrected chi connectivity index (χ4v) is 2.59. The molecule has 2 N–H and O–H groups in total. The van der Waals surface area contributed by atoms with Crippen molar-refractivity contribution < 1.29 is 10.2 Å². The van der Waals surface area contributed by atoms with Gasteiger partial charge >= 0.3 is 0 Å². The molecule has 100 valence electrons. The molecule has 0 spiro atoms. The van der Waals surface area contributed by atoms with Crippen molar-refractivity contribution in [2.45, 2.75) is 32.3 Å². The highest BCUT2D eigenvalue weighted by molar-refractivity contribution is 5.48. The number of aliphatic hydroxyl groups is 2. The molecule has 0 aliphatic carbocycles. The number of piperidine rings is 1. The fourth-order valence-electron chi connectivity index (χ4n) is 2.59. The van der Waals surface area contributed by atoms with E-state index in [2.05, 4.69) is 17.0 Å². The van der Waals surface area contributed by atoms with Crippen LogP contribution in [-0.4, -0.2) is 29.9 Å². The largest absolute Gasteiger partial charge is 0.396 e. The van der Waals surface area contributed by atoms with Gasteiger partial charge in [0.25, 0.3) is 0 Å². The first kappa shape index (κ1) is 13.4. The molecule has 2 rings (SSSR count). The third-order valence-electron chi connectivity index (χ3n) is 3.81. The molecule has 3 heteroatoms. The Kier molecular flexibility index (Phi) is 4.61. The summed E-state index contributed by atoms with van der Waals surface area (Å²) in [6, 6.07) is 8.17. The summed E-state index contributed by atoms with van der Waals surface area (Å²) in [7, 11) is 0. The molecule has 1 unspecified atom stereocenters. The molecule has 1 saturated heterocycles. The van der Waals surface area contributed by atoms with E-state index in [1.807, 2.05) is 19.1 Å². The minimum absolute atomic E-state index is 0.281. The zero-order valence-electron chi connectivity index (χ0n) is 11.0. The van der Waals surface area contributed by atoms with Crippen LogP contribution >= 0.6 is 0 Å². The molecule has 18 heavy (non-hydrogen) atoms. The molecule has 0 bridgehead atoms. The highest BCUT2D eigenvalue weighted by atomic mass is 16.3. The molecule has 2 atom stereocenters. The minimum atomic E-state index is -0.356. The molecule has 0 saturated carbocycles. The number of benzene rings is 1. The lowest BCUT2D eigenvalue weighted by molar-refractivity contribution is 0.173. The predicted octanol–water partition coefficient (Wildman–Crippen LogP) is 2.34. The number of nitrogens with zero attached hydrogens (tertiary/aromatic N) is 1. The normalized spacial score (nSPS) is 21.9. The summed E-state index contributed by atoms with van der Waals surface area (Å²) in [6.07, 6.45) is 2.66. The van der Waals surface area contributed by atoms with Crippen molar-refractivity contribution in [3.63, 3.8) is 0 Å². The summed E-state index contributed by atoms with van der Waals surface area (Å²) >= 11 is 0. The van der Waals surface area contributed by atoms with Crippen LogP contribution in [0.1, 0.15) is 37.9 Å². The van der Waals surface area contributed by atoms with Gasteiger partial charge in [-0.05, 0) is 42.9 Å². The number of hydrogen-bond acceptors (Lipinski definition) is 3. The molecule has 3 nitrogen and oxygen atoms in total.